The average Bonchev–Trinajstić information content (AvgIpc) is 3.46. The van der Waals surface area contributed by atoms with Crippen molar-refractivity contribution in [2.24, 2.45) is 5.92 Å². The van der Waals surface area contributed by atoms with Crippen LogP contribution in [0, 0.1) is 17.8 Å². The highest BCUT2D eigenvalue weighted by atomic mass is 16.3. The molecule has 6 nitrogen and oxygen atoms in total. The van der Waals surface area contributed by atoms with Crippen molar-refractivity contribution in [1.82, 2.24) is 20.1 Å². The van der Waals surface area contributed by atoms with E-state index in [0.717, 1.165) is 29.5 Å². The quantitative estimate of drug-likeness (QED) is 0.537. The van der Waals surface area contributed by atoms with Crippen molar-refractivity contribution in [3.8, 4) is 28.8 Å². The summed E-state index contributed by atoms with van der Waals surface area (Å²) in [5.41, 5.74) is 3.84. The molecule has 2 N–H and O–H groups in total. The summed E-state index contributed by atoms with van der Waals surface area (Å²) in [7, 11) is 0. The van der Waals surface area contributed by atoms with E-state index < -0.39 is 0 Å². The zero-order valence-corrected chi connectivity index (χ0v) is 15.9. The number of carbonyl (C=O) groups is 1. The standard InChI is InChI=1S/C23H20N4O2/c1-2-21(29)27-12-15(13-27)22-16(10-9-14-7-8-14)18-11-19(25-26-23(18)24-22)17-5-3-4-6-20(17)28/h2-6,11,14-15,28H,1,7-8,12-13H2,(H,24,26). The van der Waals surface area contributed by atoms with Crippen molar-refractivity contribution < 1.29 is 9.90 Å². The molecule has 5 rings (SSSR count). The Balaban J connectivity index is 1.58. The van der Waals surface area contributed by atoms with Crippen molar-refractivity contribution in [2.45, 2.75) is 18.8 Å². The second-order valence-corrected chi connectivity index (χ2v) is 7.61. The Hall–Kier alpha value is -3.59. The van der Waals surface area contributed by atoms with Gasteiger partial charge in [-0.3, -0.25) is 4.79 Å². The first-order chi connectivity index (χ1) is 14.1. The molecule has 1 aliphatic carbocycles. The Labute approximate surface area is 168 Å². The van der Waals surface area contributed by atoms with Crippen LogP contribution < -0.4 is 0 Å². The molecule has 3 aromatic rings. The third-order valence-electron chi connectivity index (χ3n) is 5.52. The number of fused-ring (bicyclic) bond motifs is 1. The first-order valence-corrected chi connectivity index (χ1v) is 9.74. The number of nitrogens with one attached hydrogen (secondary N) is 1. The summed E-state index contributed by atoms with van der Waals surface area (Å²) < 4.78 is 0. The predicted octanol–water partition coefficient (Wildman–Crippen LogP) is 3.20. The number of aromatic amines is 1. The number of likely N-dealkylation sites (tertiary alicyclic amines) is 1. The van der Waals surface area contributed by atoms with Gasteiger partial charge in [0.2, 0.25) is 5.91 Å². The number of amides is 1. The summed E-state index contributed by atoms with van der Waals surface area (Å²) >= 11 is 0. The maximum absolute atomic E-state index is 11.8. The molecular formula is C23H20N4O2. The molecule has 1 amide bonds. The maximum atomic E-state index is 11.8. The number of aromatic nitrogens is 3. The Morgan fingerprint density at radius 2 is 2.07 bits per heavy atom. The van der Waals surface area contributed by atoms with Gasteiger partial charge in [0.25, 0.3) is 0 Å². The smallest absolute Gasteiger partial charge is 0.245 e. The summed E-state index contributed by atoms with van der Waals surface area (Å²) in [5, 5.41) is 19.7. The fraction of sp³-hybridized carbons (Fsp3) is 0.261. The number of phenolic OH excluding ortho intramolecular Hbond substituents is 1. The lowest BCUT2D eigenvalue weighted by molar-refractivity contribution is -0.130. The first kappa shape index (κ1) is 17.5. The van der Waals surface area contributed by atoms with Crippen molar-refractivity contribution in [2.75, 3.05) is 13.1 Å². The summed E-state index contributed by atoms with van der Waals surface area (Å²) in [6, 6.07) is 9.02. The molecule has 0 unspecified atom stereocenters. The second kappa shape index (κ2) is 6.78. The van der Waals surface area contributed by atoms with Crippen LogP contribution in [0.1, 0.15) is 30.0 Å². The lowest BCUT2D eigenvalue weighted by Gasteiger charge is -2.38. The maximum Gasteiger partial charge on any atom is 0.245 e. The van der Waals surface area contributed by atoms with E-state index in [1.807, 2.05) is 18.2 Å². The fourth-order valence-electron chi connectivity index (χ4n) is 3.64. The summed E-state index contributed by atoms with van der Waals surface area (Å²) in [6.07, 6.45) is 3.65. The topological polar surface area (TPSA) is 82.1 Å². The number of carbonyl (C=O) groups excluding carboxylic acids is 1. The van der Waals surface area contributed by atoms with Crippen molar-refractivity contribution in [3.05, 3.63) is 54.2 Å². The zero-order valence-electron chi connectivity index (χ0n) is 15.9. The van der Waals surface area contributed by atoms with Crippen LogP contribution in [0.25, 0.3) is 22.3 Å². The van der Waals surface area contributed by atoms with Gasteiger partial charge in [-0.05, 0) is 37.1 Å². The molecule has 144 valence electrons. The molecule has 29 heavy (non-hydrogen) atoms. The lowest BCUT2D eigenvalue weighted by atomic mass is 9.92. The number of phenols is 1. The molecule has 0 spiro atoms. The summed E-state index contributed by atoms with van der Waals surface area (Å²) in [4.78, 5) is 17.0. The highest BCUT2D eigenvalue weighted by Gasteiger charge is 2.34. The van der Waals surface area contributed by atoms with Gasteiger partial charge in [0.1, 0.15) is 5.75 Å². The van der Waals surface area contributed by atoms with E-state index in [-0.39, 0.29) is 17.6 Å². The Bertz CT molecular complexity index is 1190. The zero-order chi connectivity index (χ0) is 20.0. The van der Waals surface area contributed by atoms with E-state index in [0.29, 0.717) is 35.9 Å². The van der Waals surface area contributed by atoms with E-state index in [1.165, 1.54) is 6.08 Å². The van der Waals surface area contributed by atoms with Crippen molar-refractivity contribution in [1.29, 1.82) is 0 Å². The highest BCUT2D eigenvalue weighted by molar-refractivity contribution is 5.90. The highest BCUT2D eigenvalue weighted by Crippen LogP contribution is 2.35. The number of nitrogens with zero attached hydrogens (tertiary/aromatic N) is 3. The largest absolute Gasteiger partial charge is 0.507 e. The minimum atomic E-state index is -0.0513. The molecule has 0 radical (unpaired) electrons. The van der Waals surface area contributed by atoms with Gasteiger partial charge in [-0.25, -0.2) is 0 Å². The van der Waals surface area contributed by atoms with Gasteiger partial charge in [0.05, 0.1) is 11.3 Å². The SMILES string of the molecule is C=CC(=O)N1CC(c2[nH]c3nnc(-c4ccccc4O)cc3c2C#CC2CC2)C1. The molecule has 1 aliphatic heterocycles. The number of hydrogen-bond donors (Lipinski definition) is 2. The monoisotopic (exact) mass is 384 g/mol. The van der Waals surface area contributed by atoms with Crippen LogP contribution in [0.3, 0.4) is 0 Å². The van der Waals surface area contributed by atoms with Crippen LogP contribution in [0.5, 0.6) is 5.75 Å². The van der Waals surface area contributed by atoms with Gasteiger partial charge in [-0.2, -0.15) is 0 Å². The van der Waals surface area contributed by atoms with Crippen LogP contribution in [0.4, 0.5) is 0 Å². The van der Waals surface area contributed by atoms with E-state index in [2.05, 4.69) is 33.6 Å². The number of H-pyrrole nitrogens is 1. The molecule has 1 saturated carbocycles. The van der Waals surface area contributed by atoms with Gasteiger partial charge < -0.3 is 15.0 Å². The molecule has 0 atom stereocenters. The van der Waals surface area contributed by atoms with Crippen LogP contribution in [0.2, 0.25) is 0 Å². The molecule has 2 fully saturated rings. The fourth-order valence-corrected chi connectivity index (χ4v) is 3.64. The second-order valence-electron chi connectivity index (χ2n) is 7.61. The predicted molar refractivity (Wildman–Crippen MR) is 110 cm³/mol. The van der Waals surface area contributed by atoms with Crippen LogP contribution >= 0.6 is 0 Å². The minimum Gasteiger partial charge on any atom is -0.507 e. The van der Waals surface area contributed by atoms with Gasteiger partial charge in [0, 0.05) is 41.6 Å². The lowest BCUT2D eigenvalue weighted by Crippen LogP contribution is -2.48. The van der Waals surface area contributed by atoms with E-state index in [1.54, 1.807) is 17.0 Å². The minimum absolute atomic E-state index is 0.0513. The third kappa shape index (κ3) is 3.15. The van der Waals surface area contributed by atoms with E-state index >= 15 is 0 Å². The van der Waals surface area contributed by atoms with Crippen LogP contribution in [-0.4, -0.2) is 44.2 Å². The van der Waals surface area contributed by atoms with Crippen molar-refractivity contribution in [3.63, 3.8) is 0 Å². The average molecular weight is 384 g/mol. The number of para-hydroxylation sites is 1. The number of rotatable bonds is 3. The molecule has 2 aromatic heterocycles. The van der Waals surface area contributed by atoms with Crippen LogP contribution in [-0.2, 0) is 4.79 Å². The molecule has 3 heterocycles. The Morgan fingerprint density at radius 3 is 2.79 bits per heavy atom. The molecule has 6 heteroatoms. The number of hydrogen-bond acceptors (Lipinski definition) is 4. The van der Waals surface area contributed by atoms with Crippen molar-refractivity contribution >= 4 is 16.9 Å². The summed E-state index contributed by atoms with van der Waals surface area (Å²) in [6.45, 7) is 4.82. The van der Waals surface area contributed by atoms with Gasteiger partial charge in [-0.1, -0.05) is 30.6 Å². The number of benzene rings is 1. The molecular weight excluding hydrogens is 364 g/mol. The Morgan fingerprint density at radius 1 is 1.28 bits per heavy atom. The number of aromatic hydroxyl groups is 1. The molecule has 1 aromatic carbocycles. The normalized spacial score (nSPS) is 16.2. The van der Waals surface area contributed by atoms with E-state index in [9.17, 15) is 9.90 Å². The molecule has 1 saturated heterocycles. The third-order valence-corrected chi connectivity index (χ3v) is 5.52. The first-order valence-electron chi connectivity index (χ1n) is 9.74. The molecule has 0 bridgehead atoms. The van der Waals surface area contributed by atoms with E-state index in [4.69, 9.17) is 0 Å². The summed E-state index contributed by atoms with van der Waals surface area (Å²) in [5.74, 6) is 7.48. The van der Waals surface area contributed by atoms with Gasteiger partial charge >= 0.3 is 0 Å². The van der Waals surface area contributed by atoms with Gasteiger partial charge in [0.15, 0.2) is 5.65 Å². The molecule has 2 aliphatic rings. The van der Waals surface area contributed by atoms with Crippen LogP contribution in [0.15, 0.2) is 43.0 Å². The Kier molecular flexibility index (Phi) is 4.09. The van der Waals surface area contributed by atoms with Gasteiger partial charge in [-0.15, -0.1) is 10.2 Å².